The molecule has 2 aromatic carbocycles. The molecular formula is C20H15ClN4O2. The smallest absolute Gasteiger partial charge is 0.262 e. The summed E-state index contributed by atoms with van der Waals surface area (Å²) < 4.78 is 5.42. The van der Waals surface area contributed by atoms with Crippen LogP contribution < -0.4 is 15.6 Å². The number of halogens is 1. The van der Waals surface area contributed by atoms with E-state index >= 15 is 0 Å². The van der Waals surface area contributed by atoms with Crippen LogP contribution in [0.15, 0.2) is 65.6 Å². The molecule has 0 saturated carbocycles. The lowest BCUT2D eigenvalue weighted by atomic mass is 10.0. The molecule has 0 spiro atoms. The first-order valence-corrected chi connectivity index (χ1v) is 8.58. The molecule has 0 radical (unpaired) electrons. The molecule has 6 nitrogen and oxygen atoms in total. The van der Waals surface area contributed by atoms with Gasteiger partial charge in [-0.1, -0.05) is 29.8 Å². The lowest BCUT2D eigenvalue weighted by molar-refractivity contribution is 0.416. The number of aromatic amines is 1. The van der Waals surface area contributed by atoms with E-state index in [-0.39, 0.29) is 5.56 Å². The van der Waals surface area contributed by atoms with Crippen molar-refractivity contribution in [1.29, 1.82) is 0 Å². The minimum Gasteiger partial charge on any atom is -0.496 e. The first-order chi connectivity index (χ1) is 13.2. The highest BCUT2D eigenvalue weighted by atomic mass is 35.5. The van der Waals surface area contributed by atoms with E-state index in [1.165, 1.54) is 0 Å². The van der Waals surface area contributed by atoms with Gasteiger partial charge in [-0.15, -0.1) is 0 Å². The molecule has 2 N–H and O–H groups in total. The number of pyridine rings is 1. The molecule has 4 aromatic rings. The summed E-state index contributed by atoms with van der Waals surface area (Å²) in [4.78, 5) is 24.3. The quantitative estimate of drug-likeness (QED) is 0.550. The van der Waals surface area contributed by atoms with Gasteiger partial charge in [0.25, 0.3) is 5.56 Å². The van der Waals surface area contributed by atoms with Gasteiger partial charge in [-0.25, -0.2) is 4.98 Å². The Labute approximate surface area is 159 Å². The monoisotopic (exact) mass is 378 g/mol. The highest BCUT2D eigenvalue weighted by Gasteiger charge is 2.14. The molecule has 2 heterocycles. The zero-order valence-electron chi connectivity index (χ0n) is 14.4. The molecular weight excluding hydrogens is 364 g/mol. The summed E-state index contributed by atoms with van der Waals surface area (Å²) in [7, 11) is 1.60. The van der Waals surface area contributed by atoms with Crippen molar-refractivity contribution >= 4 is 34.3 Å². The Morgan fingerprint density at radius 1 is 1.04 bits per heavy atom. The van der Waals surface area contributed by atoms with Crippen LogP contribution in [-0.4, -0.2) is 22.1 Å². The van der Waals surface area contributed by atoms with Crippen molar-refractivity contribution in [3.8, 4) is 16.9 Å². The van der Waals surface area contributed by atoms with Crippen LogP contribution in [0.25, 0.3) is 22.2 Å². The zero-order valence-corrected chi connectivity index (χ0v) is 15.1. The van der Waals surface area contributed by atoms with Crippen LogP contribution in [0.3, 0.4) is 0 Å². The minimum atomic E-state index is -0.287. The van der Waals surface area contributed by atoms with Crippen molar-refractivity contribution in [2.75, 3.05) is 12.4 Å². The van der Waals surface area contributed by atoms with E-state index in [2.05, 4.69) is 20.3 Å². The number of anilines is 2. The van der Waals surface area contributed by atoms with Crippen LogP contribution in [-0.2, 0) is 0 Å². The molecule has 4 rings (SSSR count). The molecule has 0 fully saturated rings. The summed E-state index contributed by atoms with van der Waals surface area (Å²) >= 11 is 5.90. The Morgan fingerprint density at radius 3 is 2.59 bits per heavy atom. The van der Waals surface area contributed by atoms with Gasteiger partial charge >= 0.3 is 0 Å². The number of ether oxygens (including phenoxy) is 1. The lowest BCUT2D eigenvalue weighted by Gasteiger charge is -2.11. The maximum atomic E-state index is 12.8. The summed E-state index contributed by atoms with van der Waals surface area (Å²) in [6, 6.07) is 16.4. The standard InChI is InChI=1S/C20H15ClN4O2/c1-27-16-5-3-2-4-14(16)15-10-11-22-18-17(15)19(26)25-20(24-18)23-13-8-6-12(21)7-9-13/h2-11H,1H3,(H2,22,23,24,25,26). The number of hydrogen-bond donors (Lipinski definition) is 2. The molecule has 0 atom stereocenters. The van der Waals surface area contributed by atoms with Crippen molar-refractivity contribution in [3.05, 3.63) is 76.2 Å². The van der Waals surface area contributed by atoms with Gasteiger partial charge in [-0.3, -0.25) is 9.78 Å². The summed E-state index contributed by atoms with van der Waals surface area (Å²) in [6.07, 6.45) is 1.63. The third-order valence-electron chi connectivity index (χ3n) is 4.11. The molecule has 7 heteroatoms. The molecule has 0 unspecified atom stereocenters. The number of H-pyrrole nitrogens is 1. The number of hydrogen-bond acceptors (Lipinski definition) is 5. The highest BCUT2D eigenvalue weighted by Crippen LogP contribution is 2.32. The number of rotatable bonds is 4. The van der Waals surface area contributed by atoms with Crippen molar-refractivity contribution in [2.45, 2.75) is 0 Å². The van der Waals surface area contributed by atoms with E-state index < -0.39 is 0 Å². The third kappa shape index (κ3) is 3.35. The largest absolute Gasteiger partial charge is 0.496 e. The van der Waals surface area contributed by atoms with Crippen molar-refractivity contribution < 1.29 is 4.74 Å². The molecule has 0 bridgehead atoms. The van der Waals surface area contributed by atoms with Crippen LogP contribution in [0.5, 0.6) is 5.75 Å². The van der Waals surface area contributed by atoms with Crippen LogP contribution in [0, 0.1) is 0 Å². The fourth-order valence-corrected chi connectivity index (χ4v) is 3.01. The molecule has 2 aromatic heterocycles. The molecule has 0 amide bonds. The van der Waals surface area contributed by atoms with Gasteiger partial charge in [-0.05, 0) is 36.4 Å². The van der Waals surface area contributed by atoms with Crippen LogP contribution >= 0.6 is 11.6 Å². The average molecular weight is 379 g/mol. The summed E-state index contributed by atoms with van der Waals surface area (Å²) in [6.45, 7) is 0. The van der Waals surface area contributed by atoms with Crippen LogP contribution in [0.4, 0.5) is 11.6 Å². The van der Waals surface area contributed by atoms with Gasteiger partial charge in [0.1, 0.15) is 5.75 Å². The maximum Gasteiger partial charge on any atom is 0.262 e. The normalized spacial score (nSPS) is 10.7. The maximum absolute atomic E-state index is 12.8. The van der Waals surface area contributed by atoms with Gasteiger partial charge in [0.2, 0.25) is 5.95 Å². The van der Waals surface area contributed by atoms with Gasteiger partial charge in [0.05, 0.1) is 12.5 Å². The molecule has 0 aliphatic carbocycles. The first kappa shape index (κ1) is 17.1. The zero-order chi connectivity index (χ0) is 18.8. The summed E-state index contributed by atoms with van der Waals surface area (Å²) in [5.74, 6) is 0.979. The van der Waals surface area contributed by atoms with Crippen LogP contribution in [0.1, 0.15) is 0 Å². The Balaban J connectivity index is 1.83. The minimum absolute atomic E-state index is 0.287. The van der Waals surface area contributed by atoms with Gasteiger partial charge in [0, 0.05) is 28.0 Å². The van der Waals surface area contributed by atoms with Crippen molar-refractivity contribution in [1.82, 2.24) is 15.0 Å². The molecule has 27 heavy (non-hydrogen) atoms. The Kier molecular flexibility index (Phi) is 4.48. The number of benzene rings is 2. The Morgan fingerprint density at radius 2 is 1.81 bits per heavy atom. The van der Waals surface area contributed by atoms with Crippen molar-refractivity contribution in [2.24, 2.45) is 0 Å². The third-order valence-corrected chi connectivity index (χ3v) is 4.36. The number of nitrogens with one attached hydrogen (secondary N) is 2. The lowest BCUT2D eigenvalue weighted by Crippen LogP contribution is -2.13. The fraction of sp³-hybridized carbons (Fsp3) is 0.0500. The fourth-order valence-electron chi connectivity index (χ4n) is 2.88. The number of para-hydroxylation sites is 1. The van der Waals surface area contributed by atoms with E-state index in [0.717, 1.165) is 11.3 Å². The molecule has 0 aliphatic heterocycles. The van der Waals surface area contributed by atoms with Gasteiger partial charge < -0.3 is 10.1 Å². The summed E-state index contributed by atoms with van der Waals surface area (Å²) in [5.41, 5.74) is 2.33. The predicted molar refractivity (Wildman–Crippen MR) is 107 cm³/mol. The van der Waals surface area contributed by atoms with Gasteiger partial charge in [-0.2, -0.15) is 4.98 Å². The number of aromatic nitrogens is 3. The second-order valence-electron chi connectivity index (χ2n) is 5.80. The SMILES string of the molecule is COc1ccccc1-c1ccnc2nc(Nc3ccc(Cl)cc3)[nH]c(=O)c12. The second kappa shape index (κ2) is 7.09. The highest BCUT2D eigenvalue weighted by molar-refractivity contribution is 6.30. The predicted octanol–water partition coefficient (Wildman–Crippen LogP) is 4.39. The van der Waals surface area contributed by atoms with Crippen molar-refractivity contribution in [3.63, 3.8) is 0 Å². The molecule has 134 valence electrons. The molecule has 0 aliphatic rings. The number of methoxy groups -OCH3 is 1. The topological polar surface area (TPSA) is 79.9 Å². The molecule has 0 saturated heterocycles. The number of fused-ring (bicyclic) bond motifs is 1. The van der Waals surface area contributed by atoms with E-state index in [0.29, 0.717) is 33.3 Å². The van der Waals surface area contributed by atoms with E-state index in [1.807, 2.05) is 24.3 Å². The average Bonchev–Trinajstić information content (AvgIpc) is 2.69. The first-order valence-electron chi connectivity index (χ1n) is 8.21. The van der Waals surface area contributed by atoms with E-state index in [4.69, 9.17) is 16.3 Å². The van der Waals surface area contributed by atoms with E-state index in [1.54, 1.807) is 43.6 Å². The second-order valence-corrected chi connectivity index (χ2v) is 6.24. The Bertz CT molecular complexity index is 1170. The van der Waals surface area contributed by atoms with E-state index in [9.17, 15) is 4.79 Å². The number of nitrogens with zero attached hydrogens (tertiary/aromatic N) is 2. The van der Waals surface area contributed by atoms with Gasteiger partial charge in [0.15, 0.2) is 5.65 Å². The van der Waals surface area contributed by atoms with Crippen LogP contribution in [0.2, 0.25) is 5.02 Å². The Hall–Kier alpha value is -3.38. The summed E-state index contributed by atoms with van der Waals surface area (Å²) in [5, 5.41) is 4.09.